The molecule has 1 aliphatic heterocycles. The summed E-state index contributed by atoms with van der Waals surface area (Å²) < 4.78 is 15.9. The summed E-state index contributed by atoms with van der Waals surface area (Å²) in [5.74, 6) is -0.432. The summed E-state index contributed by atoms with van der Waals surface area (Å²) >= 11 is 1.49. The lowest BCUT2D eigenvalue weighted by Gasteiger charge is -2.24. The molecule has 0 bridgehead atoms. The Morgan fingerprint density at radius 3 is 2.60 bits per heavy atom. The van der Waals surface area contributed by atoms with E-state index in [2.05, 4.69) is 10.4 Å². The molecule has 4 aromatic rings. The lowest BCUT2D eigenvalue weighted by Crippen LogP contribution is -2.44. The van der Waals surface area contributed by atoms with Gasteiger partial charge in [-0.2, -0.15) is 5.10 Å². The lowest BCUT2D eigenvalue weighted by molar-refractivity contribution is -0.119. The van der Waals surface area contributed by atoms with Crippen molar-refractivity contribution < 1.29 is 14.0 Å². The molecule has 7 nitrogen and oxygen atoms in total. The summed E-state index contributed by atoms with van der Waals surface area (Å²) in [6.07, 6.45) is 1.65. The van der Waals surface area contributed by atoms with E-state index in [0.29, 0.717) is 33.9 Å². The number of carbonyl (C=O) groups is 2. The molecule has 3 heterocycles. The number of fused-ring (bicyclic) bond motifs is 1. The van der Waals surface area contributed by atoms with Crippen molar-refractivity contribution in [2.24, 2.45) is 0 Å². The van der Waals surface area contributed by atoms with Gasteiger partial charge in [0.15, 0.2) is 5.65 Å². The second kappa shape index (κ2) is 9.50. The average Bonchev–Trinajstić information content (AvgIpc) is 3.52. The van der Waals surface area contributed by atoms with Gasteiger partial charge in [0.25, 0.3) is 5.91 Å². The Morgan fingerprint density at radius 2 is 1.86 bits per heavy atom. The molecule has 2 amide bonds. The Labute approximate surface area is 206 Å². The van der Waals surface area contributed by atoms with Crippen molar-refractivity contribution in [2.45, 2.75) is 25.9 Å². The molecule has 9 heteroatoms. The Morgan fingerprint density at radius 1 is 1.11 bits per heavy atom. The molecule has 0 radical (unpaired) electrons. The van der Waals surface area contributed by atoms with Gasteiger partial charge >= 0.3 is 0 Å². The number of nitrogens with one attached hydrogen (secondary N) is 1. The fourth-order valence-electron chi connectivity index (χ4n) is 4.12. The first kappa shape index (κ1) is 23.0. The SMILES string of the molecule is CC(C)n1ncc2c(C(=O)N3CSCC3C(=O)Nc3ccccc3F)cc(-c3ccccc3)nc21. The number of rotatable bonds is 5. The van der Waals surface area contributed by atoms with Crippen LogP contribution < -0.4 is 5.32 Å². The number of pyridine rings is 1. The summed E-state index contributed by atoms with van der Waals surface area (Å²) in [5.41, 5.74) is 2.68. The minimum absolute atomic E-state index is 0.0515. The summed E-state index contributed by atoms with van der Waals surface area (Å²) in [5, 5.41) is 7.74. The van der Waals surface area contributed by atoms with E-state index in [-0.39, 0.29) is 17.6 Å². The standard InChI is InChI=1S/C26H24FN5O2S/c1-16(2)32-24-19(13-28-32)18(12-22(29-24)17-8-4-3-5-9-17)26(34)31-15-35-14-23(31)25(33)30-21-11-7-6-10-20(21)27/h3-13,16,23H,14-15H2,1-2H3,(H,30,33). The fourth-order valence-corrected chi connectivity index (χ4v) is 5.28. The topological polar surface area (TPSA) is 80.1 Å². The number of para-hydroxylation sites is 1. The van der Waals surface area contributed by atoms with E-state index in [1.54, 1.807) is 29.1 Å². The molecule has 1 atom stereocenters. The predicted octanol–water partition coefficient (Wildman–Crippen LogP) is 4.97. The largest absolute Gasteiger partial charge is 0.322 e. The third-order valence-electron chi connectivity index (χ3n) is 5.93. The summed E-state index contributed by atoms with van der Waals surface area (Å²) in [7, 11) is 0. The maximum atomic E-state index is 14.1. The highest BCUT2D eigenvalue weighted by Crippen LogP contribution is 2.30. The molecule has 2 aromatic heterocycles. The second-order valence-electron chi connectivity index (χ2n) is 8.60. The highest BCUT2D eigenvalue weighted by atomic mass is 32.2. The predicted molar refractivity (Wildman–Crippen MR) is 136 cm³/mol. The lowest BCUT2D eigenvalue weighted by atomic mass is 10.1. The Hall–Kier alpha value is -3.72. The van der Waals surface area contributed by atoms with Gasteiger partial charge < -0.3 is 10.2 Å². The van der Waals surface area contributed by atoms with Gasteiger partial charge in [0.2, 0.25) is 5.91 Å². The number of carbonyl (C=O) groups excluding carboxylic acids is 2. The molecule has 5 rings (SSSR count). The van der Waals surface area contributed by atoms with E-state index in [9.17, 15) is 14.0 Å². The van der Waals surface area contributed by atoms with Crippen molar-refractivity contribution in [3.63, 3.8) is 0 Å². The van der Waals surface area contributed by atoms with Crippen molar-refractivity contribution in [1.29, 1.82) is 0 Å². The van der Waals surface area contributed by atoms with Crippen LogP contribution in [0.2, 0.25) is 0 Å². The zero-order valence-electron chi connectivity index (χ0n) is 19.3. The van der Waals surface area contributed by atoms with Crippen LogP contribution in [0.25, 0.3) is 22.3 Å². The third-order valence-corrected chi connectivity index (χ3v) is 6.95. The highest BCUT2D eigenvalue weighted by Gasteiger charge is 2.36. The molecule has 1 aliphatic rings. The highest BCUT2D eigenvalue weighted by molar-refractivity contribution is 7.99. The molecule has 1 saturated heterocycles. The van der Waals surface area contributed by atoms with Crippen LogP contribution in [-0.2, 0) is 4.79 Å². The van der Waals surface area contributed by atoms with E-state index in [1.165, 1.54) is 28.8 Å². The van der Waals surface area contributed by atoms with Gasteiger partial charge in [-0.15, -0.1) is 11.8 Å². The molecule has 1 N–H and O–H groups in total. The van der Waals surface area contributed by atoms with E-state index in [0.717, 1.165) is 5.56 Å². The first-order valence-corrected chi connectivity index (χ1v) is 12.5. The Kier molecular flexibility index (Phi) is 6.25. The summed E-state index contributed by atoms with van der Waals surface area (Å²) in [4.78, 5) is 33.3. The summed E-state index contributed by atoms with van der Waals surface area (Å²) in [6.45, 7) is 4.01. The van der Waals surface area contributed by atoms with E-state index >= 15 is 0 Å². The van der Waals surface area contributed by atoms with Crippen LogP contribution >= 0.6 is 11.8 Å². The number of amides is 2. The zero-order chi connectivity index (χ0) is 24.5. The Balaban J connectivity index is 1.53. The van der Waals surface area contributed by atoms with Crippen molar-refractivity contribution in [3.8, 4) is 11.3 Å². The number of benzene rings is 2. The quantitative estimate of drug-likeness (QED) is 0.428. The van der Waals surface area contributed by atoms with Crippen LogP contribution in [0.1, 0.15) is 30.2 Å². The van der Waals surface area contributed by atoms with E-state index in [4.69, 9.17) is 4.98 Å². The number of halogens is 1. The smallest absolute Gasteiger partial charge is 0.256 e. The van der Waals surface area contributed by atoms with Crippen molar-refractivity contribution in [2.75, 3.05) is 16.9 Å². The number of nitrogens with zero attached hydrogens (tertiary/aromatic N) is 4. The van der Waals surface area contributed by atoms with Crippen molar-refractivity contribution in [1.82, 2.24) is 19.7 Å². The molecule has 2 aromatic carbocycles. The molecule has 178 valence electrons. The molecule has 1 unspecified atom stereocenters. The number of thioether (sulfide) groups is 1. The molecular formula is C26H24FN5O2S. The van der Waals surface area contributed by atoms with Gasteiger partial charge in [0, 0.05) is 17.4 Å². The minimum Gasteiger partial charge on any atom is -0.322 e. The van der Waals surface area contributed by atoms with Crippen LogP contribution in [0.15, 0.2) is 66.9 Å². The van der Waals surface area contributed by atoms with Crippen LogP contribution in [0.3, 0.4) is 0 Å². The monoisotopic (exact) mass is 489 g/mol. The van der Waals surface area contributed by atoms with Gasteiger partial charge in [-0.25, -0.2) is 14.1 Å². The minimum atomic E-state index is -0.726. The van der Waals surface area contributed by atoms with Crippen molar-refractivity contribution in [3.05, 3.63) is 78.2 Å². The van der Waals surface area contributed by atoms with Crippen LogP contribution in [0.5, 0.6) is 0 Å². The average molecular weight is 490 g/mol. The molecule has 1 fully saturated rings. The van der Waals surface area contributed by atoms with Crippen LogP contribution in [0, 0.1) is 5.82 Å². The van der Waals surface area contributed by atoms with Gasteiger partial charge in [-0.05, 0) is 32.0 Å². The second-order valence-corrected chi connectivity index (χ2v) is 9.60. The number of hydrogen-bond acceptors (Lipinski definition) is 5. The fraction of sp³-hybridized carbons (Fsp3) is 0.231. The van der Waals surface area contributed by atoms with Gasteiger partial charge in [0.05, 0.1) is 34.4 Å². The molecular weight excluding hydrogens is 465 g/mol. The third kappa shape index (κ3) is 4.39. The molecule has 0 spiro atoms. The van der Waals surface area contributed by atoms with Crippen LogP contribution in [0.4, 0.5) is 10.1 Å². The summed E-state index contributed by atoms with van der Waals surface area (Å²) in [6, 6.07) is 16.7. The van der Waals surface area contributed by atoms with Crippen LogP contribution in [-0.4, -0.2) is 49.2 Å². The Bertz CT molecular complexity index is 1410. The number of hydrogen-bond donors (Lipinski definition) is 1. The van der Waals surface area contributed by atoms with Crippen molar-refractivity contribution >= 4 is 40.3 Å². The van der Waals surface area contributed by atoms with Gasteiger partial charge in [-0.1, -0.05) is 42.5 Å². The molecule has 0 aliphatic carbocycles. The zero-order valence-corrected chi connectivity index (χ0v) is 20.1. The first-order valence-electron chi connectivity index (χ1n) is 11.3. The van der Waals surface area contributed by atoms with Gasteiger partial charge in [0.1, 0.15) is 11.9 Å². The molecule has 35 heavy (non-hydrogen) atoms. The first-order chi connectivity index (χ1) is 16.9. The maximum absolute atomic E-state index is 14.1. The van der Waals surface area contributed by atoms with E-state index in [1.807, 2.05) is 44.2 Å². The normalized spacial score (nSPS) is 15.7. The number of aromatic nitrogens is 3. The maximum Gasteiger partial charge on any atom is 0.256 e. The molecule has 0 saturated carbocycles. The number of anilines is 1. The van der Waals surface area contributed by atoms with Gasteiger partial charge in [-0.3, -0.25) is 9.59 Å². The van der Waals surface area contributed by atoms with E-state index < -0.39 is 17.8 Å².